The Morgan fingerprint density at radius 1 is 1.20 bits per heavy atom. The van der Waals surface area contributed by atoms with Crippen LogP contribution in [-0.2, 0) is 4.79 Å². The van der Waals surface area contributed by atoms with Crippen molar-refractivity contribution in [2.24, 2.45) is 0 Å². The number of rotatable bonds is 5. The number of aromatic nitrogens is 2. The summed E-state index contributed by atoms with van der Waals surface area (Å²) in [5.41, 5.74) is 3.45. The molecule has 0 radical (unpaired) electrons. The summed E-state index contributed by atoms with van der Waals surface area (Å²) in [6, 6.07) is 8.50. The van der Waals surface area contributed by atoms with Gasteiger partial charge in [-0.15, -0.1) is 11.3 Å². The quantitative estimate of drug-likeness (QED) is 0.477. The number of carbonyl (C=O) groups is 1. The van der Waals surface area contributed by atoms with Crippen LogP contribution in [0.2, 0.25) is 0 Å². The van der Waals surface area contributed by atoms with E-state index in [1.54, 1.807) is 25.2 Å². The summed E-state index contributed by atoms with van der Waals surface area (Å²) in [5, 5.41) is 13.1. The number of hydrogen-bond donors (Lipinski definition) is 1. The molecule has 0 saturated heterocycles. The van der Waals surface area contributed by atoms with Gasteiger partial charge in [0.2, 0.25) is 0 Å². The molecular weight excluding hydrogens is 352 g/mol. The van der Waals surface area contributed by atoms with Gasteiger partial charge in [0.05, 0.1) is 5.39 Å². The highest BCUT2D eigenvalue weighted by molar-refractivity contribution is 8.01. The SMILES string of the molecule is CC(C)c1ccc(-c2csc3ncnc(SC(C)(C)C(=O)O)c23)cc1. The van der Waals surface area contributed by atoms with Crippen molar-refractivity contribution in [3.05, 3.63) is 41.5 Å². The van der Waals surface area contributed by atoms with E-state index in [2.05, 4.69) is 53.5 Å². The molecule has 0 spiro atoms. The summed E-state index contributed by atoms with van der Waals surface area (Å²) < 4.78 is -0.956. The zero-order valence-corrected chi connectivity index (χ0v) is 16.2. The molecule has 0 saturated carbocycles. The monoisotopic (exact) mass is 372 g/mol. The minimum Gasteiger partial charge on any atom is -0.480 e. The third-order valence-corrected chi connectivity index (χ3v) is 6.16. The predicted octanol–water partition coefficient (Wildman–Crippen LogP) is 5.44. The lowest BCUT2D eigenvalue weighted by Crippen LogP contribution is -2.27. The van der Waals surface area contributed by atoms with Crippen molar-refractivity contribution >= 4 is 39.3 Å². The molecule has 0 fully saturated rings. The van der Waals surface area contributed by atoms with E-state index in [0.29, 0.717) is 10.9 Å². The maximum absolute atomic E-state index is 11.5. The van der Waals surface area contributed by atoms with Gasteiger partial charge in [-0.3, -0.25) is 4.79 Å². The average molecular weight is 373 g/mol. The van der Waals surface area contributed by atoms with Gasteiger partial charge in [0.25, 0.3) is 0 Å². The lowest BCUT2D eigenvalue weighted by atomic mass is 9.99. The summed E-state index contributed by atoms with van der Waals surface area (Å²) >= 11 is 2.82. The predicted molar refractivity (Wildman–Crippen MR) is 105 cm³/mol. The molecule has 2 aromatic heterocycles. The third kappa shape index (κ3) is 3.55. The number of hydrogen-bond acceptors (Lipinski definition) is 5. The summed E-state index contributed by atoms with van der Waals surface area (Å²) in [7, 11) is 0. The fourth-order valence-electron chi connectivity index (χ4n) is 2.47. The molecule has 0 bridgehead atoms. The van der Waals surface area contributed by atoms with Crippen LogP contribution in [0.15, 0.2) is 41.0 Å². The van der Waals surface area contributed by atoms with Crippen molar-refractivity contribution in [2.45, 2.75) is 43.4 Å². The zero-order chi connectivity index (χ0) is 18.2. The van der Waals surface area contributed by atoms with Gasteiger partial charge in [0.15, 0.2) is 0 Å². The molecular formula is C19H20N2O2S2. The second-order valence-electron chi connectivity index (χ2n) is 6.70. The molecule has 0 amide bonds. The van der Waals surface area contributed by atoms with E-state index in [9.17, 15) is 9.90 Å². The molecule has 0 atom stereocenters. The molecule has 3 aromatic rings. The molecule has 130 valence electrons. The average Bonchev–Trinajstić information content (AvgIpc) is 2.99. The van der Waals surface area contributed by atoms with Crippen LogP contribution in [0.5, 0.6) is 0 Å². The Morgan fingerprint density at radius 3 is 2.48 bits per heavy atom. The molecule has 1 N–H and O–H groups in total. The van der Waals surface area contributed by atoms with Crippen LogP contribution in [0.25, 0.3) is 21.3 Å². The van der Waals surface area contributed by atoms with Crippen molar-refractivity contribution in [1.29, 1.82) is 0 Å². The van der Waals surface area contributed by atoms with Gasteiger partial charge in [0, 0.05) is 10.9 Å². The first-order valence-electron chi connectivity index (χ1n) is 8.04. The summed E-state index contributed by atoms with van der Waals surface area (Å²) in [4.78, 5) is 21.1. The van der Waals surface area contributed by atoms with E-state index < -0.39 is 10.7 Å². The Labute approximate surface area is 155 Å². The number of nitrogens with zero attached hydrogens (tertiary/aromatic N) is 2. The summed E-state index contributed by atoms with van der Waals surface area (Å²) in [5.74, 6) is -0.374. The van der Waals surface area contributed by atoms with E-state index in [1.807, 2.05) is 0 Å². The number of aliphatic carboxylic acids is 1. The maximum Gasteiger partial charge on any atom is 0.319 e. The lowest BCUT2D eigenvalue weighted by Gasteiger charge is -2.18. The largest absolute Gasteiger partial charge is 0.480 e. The van der Waals surface area contributed by atoms with Crippen LogP contribution in [0, 0.1) is 0 Å². The van der Waals surface area contributed by atoms with Crippen LogP contribution in [0.3, 0.4) is 0 Å². The van der Waals surface area contributed by atoms with E-state index in [4.69, 9.17) is 0 Å². The van der Waals surface area contributed by atoms with Crippen LogP contribution < -0.4 is 0 Å². The normalized spacial score (nSPS) is 12.0. The van der Waals surface area contributed by atoms with E-state index >= 15 is 0 Å². The molecule has 0 aliphatic heterocycles. The maximum atomic E-state index is 11.5. The third-order valence-electron chi connectivity index (χ3n) is 4.09. The molecule has 3 rings (SSSR count). The molecule has 0 aliphatic rings. The highest BCUT2D eigenvalue weighted by Crippen LogP contribution is 2.41. The highest BCUT2D eigenvalue weighted by atomic mass is 32.2. The smallest absolute Gasteiger partial charge is 0.319 e. The van der Waals surface area contributed by atoms with Gasteiger partial charge >= 0.3 is 5.97 Å². The minimum atomic E-state index is -0.956. The van der Waals surface area contributed by atoms with E-state index in [1.165, 1.54) is 23.7 Å². The van der Waals surface area contributed by atoms with Gasteiger partial charge in [0.1, 0.15) is 20.9 Å². The number of fused-ring (bicyclic) bond motifs is 1. The standard InChI is InChI=1S/C19H20N2O2S2/c1-11(2)12-5-7-13(8-6-12)14-9-24-16-15(14)17(21-10-20-16)25-19(3,4)18(22)23/h5-11H,1-4H3,(H,22,23). The van der Waals surface area contributed by atoms with Crippen LogP contribution >= 0.6 is 23.1 Å². The van der Waals surface area contributed by atoms with Gasteiger partial charge in [-0.25, -0.2) is 9.97 Å². The first-order chi connectivity index (χ1) is 11.8. The lowest BCUT2D eigenvalue weighted by molar-refractivity contribution is -0.138. The first-order valence-corrected chi connectivity index (χ1v) is 9.74. The Hall–Kier alpha value is -1.92. The Kier molecular flexibility index (Phi) is 4.84. The van der Waals surface area contributed by atoms with Crippen molar-refractivity contribution in [3.63, 3.8) is 0 Å². The molecule has 0 unspecified atom stereocenters. The Balaban J connectivity index is 2.09. The van der Waals surface area contributed by atoms with Crippen LogP contribution in [0.1, 0.15) is 39.2 Å². The summed E-state index contributed by atoms with van der Waals surface area (Å²) in [6.07, 6.45) is 1.50. The molecule has 0 aliphatic carbocycles. The van der Waals surface area contributed by atoms with Crippen molar-refractivity contribution in [1.82, 2.24) is 9.97 Å². The molecule has 6 heteroatoms. The second kappa shape index (κ2) is 6.77. The van der Waals surface area contributed by atoms with Gasteiger partial charge in [-0.1, -0.05) is 49.9 Å². The van der Waals surface area contributed by atoms with Crippen LogP contribution in [-0.4, -0.2) is 25.8 Å². The molecule has 4 nitrogen and oxygen atoms in total. The zero-order valence-electron chi connectivity index (χ0n) is 14.6. The van der Waals surface area contributed by atoms with E-state index in [0.717, 1.165) is 21.3 Å². The number of thioether (sulfide) groups is 1. The second-order valence-corrected chi connectivity index (χ2v) is 9.17. The van der Waals surface area contributed by atoms with E-state index in [-0.39, 0.29) is 0 Å². The van der Waals surface area contributed by atoms with Crippen molar-refractivity contribution in [3.8, 4) is 11.1 Å². The number of carboxylic acid groups (broad SMARTS) is 1. The summed E-state index contributed by atoms with van der Waals surface area (Å²) in [6.45, 7) is 7.73. The Bertz CT molecular complexity index is 915. The van der Waals surface area contributed by atoms with Gasteiger partial charge < -0.3 is 5.11 Å². The van der Waals surface area contributed by atoms with Crippen molar-refractivity contribution in [2.75, 3.05) is 0 Å². The number of benzene rings is 1. The Morgan fingerprint density at radius 2 is 1.88 bits per heavy atom. The molecule has 2 heterocycles. The number of thiophene rings is 1. The van der Waals surface area contributed by atoms with Crippen LogP contribution in [0.4, 0.5) is 0 Å². The minimum absolute atomic E-state index is 0.485. The molecule has 1 aromatic carbocycles. The first kappa shape index (κ1) is 17.9. The fraction of sp³-hybridized carbons (Fsp3) is 0.316. The topological polar surface area (TPSA) is 63.1 Å². The van der Waals surface area contributed by atoms with Crippen molar-refractivity contribution < 1.29 is 9.90 Å². The highest BCUT2D eigenvalue weighted by Gasteiger charge is 2.30. The van der Waals surface area contributed by atoms with Gasteiger partial charge in [-0.2, -0.15) is 0 Å². The number of carboxylic acids is 1. The van der Waals surface area contributed by atoms with Gasteiger partial charge in [-0.05, 0) is 30.9 Å². The molecule has 25 heavy (non-hydrogen) atoms. The fourth-order valence-corrected chi connectivity index (χ4v) is 4.43.